The summed E-state index contributed by atoms with van der Waals surface area (Å²) in [5.74, 6) is 1.48. The van der Waals surface area contributed by atoms with Gasteiger partial charge in [-0.1, -0.05) is 18.2 Å². The molecule has 156 valence electrons. The van der Waals surface area contributed by atoms with E-state index in [1.807, 2.05) is 42.3 Å². The molecule has 2 N–H and O–H groups in total. The van der Waals surface area contributed by atoms with Gasteiger partial charge in [0.05, 0.1) is 5.56 Å². The second-order valence-corrected chi connectivity index (χ2v) is 8.19. The maximum Gasteiger partial charge on any atom is 0.257 e. The molecule has 0 radical (unpaired) electrons. The second kappa shape index (κ2) is 9.73. The smallest absolute Gasteiger partial charge is 0.257 e. The second-order valence-electron chi connectivity index (χ2n) is 7.21. The first kappa shape index (κ1) is 20.4. The highest BCUT2D eigenvalue weighted by atomic mass is 32.1. The number of carbonyl (C=O) groups excluding carboxylic acids is 1. The lowest BCUT2D eigenvalue weighted by molar-refractivity contribution is 0.0755. The summed E-state index contributed by atoms with van der Waals surface area (Å²) in [6.45, 7) is 2.72. The van der Waals surface area contributed by atoms with Crippen LogP contribution in [0.3, 0.4) is 0 Å². The van der Waals surface area contributed by atoms with Gasteiger partial charge < -0.3 is 20.3 Å². The van der Waals surface area contributed by atoms with Crippen molar-refractivity contribution in [1.29, 1.82) is 0 Å². The van der Waals surface area contributed by atoms with Crippen LogP contribution >= 0.6 is 11.3 Å². The molecule has 0 bridgehead atoms. The Kier molecular flexibility index (Phi) is 6.61. The molecule has 0 saturated carbocycles. The lowest BCUT2D eigenvalue weighted by Gasteiger charge is -2.22. The number of fused-ring (bicyclic) bond motifs is 1. The van der Waals surface area contributed by atoms with E-state index in [0.717, 1.165) is 24.3 Å². The van der Waals surface area contributed by atoms with Crippen molar-refractivity contribution in [3.8, 4) is 5.75 Å². The molecule has 0 aliphatic carbocycles. The third-order valence-electron chi connectivity index (χ3n) is 5.07. The average molecular weight is 423 g/mol. The fourth-order valence-electron chi connectivity index (χ4n) is 3.56. The van der Waals surface area contributed by atoms with E-state index in [1.54, 1.807) is 23.6 Å². The van der Waals surface area contributed by atoms with Crippen LogP contribution in [0.4, 0.5) is 5.82 Å². The number of rotatable bonds is 8. The summed E-state index contributed by atoms with van der Waals surface area (Å²) >= 11 is 1.71. The lowest BCUT2D eigenvalue weighted by Crippen LogP contribution is -2.32. The third kappa shape index (κ3) is 4.80. The number of amides is 1. The maximum atomic E-state index is 13.0. The van der Waals surface area contributed by atoms with Gasteiger partial charge in [0.15, 0.2) is 0 Å². The van der Waals surface area contributed by atoms with Gasteiger partial charge in [0.1, 0.15) is 17.7 Å². The zero-order chi connectivity index (χ0) is 20.8. The molecule has 7 heteroatoms. The highest BCUT2D eigenvalue weighted by Gasteiger charge is 2.23. The number of anilines is 1. The summed E-state index contributed by atoms with van der Waals surface area (Å²) in [5.41, 5.74) is 1.67. The van der Waals surface area contributed by atoms with E-state index in [1.165, 1.54) is 4.88 Å². The molecular weight excluding hydrogens is 396 g/mol. The molecule has 4 rings (SSSR count). The van der Waals surface area contributed by atoms with E-state index in [4.69, 9.17) is 4.74 Å². The monoisotopic (exact) mass is 422 g/mol. The summed E-state index contributed by atoms with van der Waals surface area (Å²) in [6, 6.07) is 15.8. The zero-order valence-corrected chi connectivity index (χ0v) is 17.8. The van der Waals surface area contributed by atoms with E-state index in [9.17, 15) is 4.79 Å². The molecule has 0 fully saturated rings. The molecule has 1 unspecified atom stereocenters. The number of hydrogen-bond donors (Lipinski definition) is 2. The van der Waals surface area contributed by atoms with Gasteiger partial charge in [0, 0.05) is 37.1 Å². The topological polar surface area (TPSA) is 66.5 Å². The number of nitrogens with one attached hydrogen (secondary N) is 2. The van der Waals surface area contributed by atoms with Crippen LogP contribution in [-0.2, 0) is 6.54 Å². The van der Waals surface area contributed by atoms with Crippen LogP contribution in [0.2, 0.25) is 0 Å². The van der Waals surface area contributed by atoms with Gasteiger partial charge in [0.25, 0.3) is 5.91 Å². The molecule has 6 nitrogen and oxygen atoms in total. The van der Waals surface area contributed by atoms with E-state index in [0.29, 0.717) is 31.0 Å². The van der Waals surface area contributed by atoms with Crippen molar-refractivity contribution in [1.82, 2.24) is 15.2 Å². The molecule has 30 heavy (non-hydrogen) atoms. The summed E-state index contributed by atoms with van der Waals surface area (Å²) in [6.07, 6.45) is 2.60. The number of pyridine rings is 1. The Hall–Kier alpha value is -2.90. The minimum absolute atomic E-state index is 0.0000892. The molecule has 1 aliphatic heterocycles. The highest BCUT2D eigenvalue weighted by molar-refractivity contribution is 7.10. The van der Waals surface area contributed by atoms with E-state index in [2.05, 4.69) is 33.1 Å². The first-order chi connectivity index (χ1) is 14.7. The molecule has 1 aromatic carbocycles. The van der Waals surface area contributed by atoms with Crippen molar-refractivity contribution in [2.75, 3.05) is 32.0 Å². The van der Waals surface area contributed by atoms with Crippen molar-refractivity contribution in [2.24, 2.45) is 0 Å². The molecule has 1 amide bonds. The predicted molar refractivity (Wildman–Crippen MR) is 120 cm³/mol. The summed E-state index contributed by atoms with van der Waals surface area (Å²) in [4.78, 5) is 20.3. The van der Waals surface area contributed by atoms with Crippen molar-refractivity contribution >= 4 is 23.1 Å². The van der Waals surface area contributed by atoms with E-state index < -0.39 is 0 Å². The van der Waals surface area contributed by atoms with E-state index >= 15 is 0 Å². The van der Waals surface area contributed by atoms with Crippen molar-refractivity contribution in [3.05, 3.63) is 76.1 Å². The van der Waals surface area contributed by atoms with Crippen molar-refractivity contribution < 1.29 is 9.53 Å². The summed E-state index contributed by atoms with van der Waals surface area (Å²) in [7, 11) is 1.95. The SMILES string of the molecule is CNCCC(Oc1cccc(CN2CCNc3ncccc3C2=O)c1)c1cccs1. The fraction of sp³-hybridized carbons (Fsp3) is 0.304. The van der Waals surface area contributed by atoms with Gasteiger partial charge in [-0.2, -0.15) is 0 Å². The first-order valence-corrected chi connectivity index (χ1v) is 11.0. The Bertz CT molecular complexity index is 977. The zero-order valence-electron chi connectivity index (χ0n) is 17.0. The summed E-state index contributed by atoms with van der Waals surface area (Å²) in [5, 5.41) is 8.52. The average Bonchev–Trinajstić information content (AvgIpc) is 3.26. The van der Waals surface area contributed by atoms with Gasteiger partial charge >= 0.3 is 0 Å². The first-order valence-electron chi connectivity index (χ1n) is 10.2. The van der Waals surface area contributed by atoms with Crippen LogP contribution in [0, 0.1) is 0 Å². The number of ether oxygens (including phenoxy) is 1. The third-order valence-corrected chi connectivity index (χ3v) is 6.03. The minimum Gasteiger partial charge on any atom is -0.485 e. The number of nitrogens with zero attached hydrogens (tertiary/aromatic N) is 2. The molecule has 2 aromatic heterocycles. The largest absolute Gasteiger partial charge is 0.485 e. The fourth-order valence-corrected chi connectivity index (χ4v) is 4.35. The molecule has 1 aliphatic rings. The van der Waals surface area contributed by atoms with Crippen molar-refractivity contribution in [2.45, 2.75) is 19.1 Å². The van der Waals surface area contributed by atoms with Crippen LogP contribution < -0.4 is 15.4 Å². The molecule has 3 heterocycles. The Labute approximate surface area is 180 Å². The maximum absolute atomic E-state index is 13.0. The number of thiophene rings is 1. The minimum atomic E-state index is -0.0000892. The number of carbonyl (C=O) groups is 1. The molecular formula is C23H26N4O2S. The molecule has 1 atom stereocenters. The Morgan fingerprint density at radius 1 is 1.27 bits per heavy atom. The Morgan fingerprint density at radius 3 is 3.03 bits per heavy atom. The van der Waals surface area contributed by atoms with Crippen LogP contribution in [0.1, 0.15) is 33.3 Å². The molecule has 3 aromatic rings. The van der Waals surface area contributed by atoms with Gasteiger partial charge in [-0.3, -0.25) is 4.79 Å². The number of aromatic nitrogens is 1. The van der Waals surface area contributed by atoms with Crippen LogP contribution in [0.25, 0.3) is 0 Å². The van der Waals surface area contributed by atoms with Crippen LogP contribution in [-0.4, -0.2) is 42.5 Å². The van der Waals surface area contributed by atoms with Gasteiger partial charge in [-0.15, -0.1) is 11.3 Å². The van der Waals surface area contributed by atoms with Crippen molar-refractivity contribution in [3.63, 3.8) is 0 Å². The summed E-state index contributed by atoms with van der Waals surface area (Å²) < 4.78 is 6.34. The number of hydrogen-bond acceptors (Lipinski definition) is 6. The molecule has 0 spiro atoms. The number of benzene rings is 1. The van der Waals surface area contributed by atoms with Gasteiger partial charge in [-0.25, -0.2) is 4.98 Å². The normalized spacial score (nSPS) is 14.6. The Morgan fingerprint density at radius 2 is 2.20 bits per heavy atom. The lowest BCUT2D eigenvalue weighted by atomic mass is 10.1. The quantitative estimate of drug-likeness (QED) is 0.576. The van der Waals surface area contributed by atoms with Gasteiger partial charge in [0.2, 0.25) is 0 Å². The predicted octanol–water partition coefficient (Wildman–Crippen LogP) is 3.94. The van der Waals surface area contributed by atoms with Crippen LogP contribution in [0.15, 0.2) is 60.1 Å². The van der Waals surface area contributed by atoms with Crippen LogP contribution in [0.5, 0.6) is 5.75 Å². The van der Waals surface area contributed by atoms with E-state index in [-0.39, 0.29) is 12.0 Å². The highest BCUT2D eigenvalue weighted by Crippen LogP contribution is 2.29. The van der Waals surface area contributed by atoms with Gasteiger partial charge in [-0.05, 0) is 54.9 Å². The molecule has 0 saturated heterocycles. The Balaban J connectivity index is 1.48. The standard InChI is InChI=1S/C23H26N4O2S/c1-24-11-9-20(21-8-4-14-30-21)29-18-6-2-5-17(15-18)16-27-13-12-26-22-19(23(27)28)7-3-10-25-22/h2-8,10,14-15,20,24H,9,11-13,16H2,1H3,(H,25,26).